The maximum atomic E-state index is 5.73. The first-order valence-corrected chi connectivity index (χ1v) is 13.1. The summed E-state index contributed by atoms with van der Waals surface area (Å²) in [5.74, 6) is 0.931. The van der Waals surface area contributed by atoms with Gasteiger partial charge in [0.1, 0.15) is 12.4 Å². The first-order valence-electron chi connectivity index (χ1n) is 13.1. The van der Waals surface area contributed by atoms with E-state index in [-0.39, 0.29) is 0 Å². The summed E-state index contributed by atoms with van der Waals surface area (Å²) in [6, 6.07) is 18.0. The maximum absolute atomic E-state index is 5.73. The molecule has 0 atom stereocenters. The maximum Gasteiger partial charge on any atom is 0.119 e. The van der Waals surface area contributed by atoms with Crippen LogP contribution >= 0.6 is 0 Å². The summed E-state index contributed by atoms with van der Waals surface area (Å²) in [5.41, 5.74) is 5.29. The lowest BCUT2D eigenvalue weighted by Gasteiger charge is -2.54. The zero-order valence-corrected chi connectivity index (χ0v) is 20.4. The topological polar surface area (TPSA) is 9.23 Å². The summed E-state index contributed by atoms with van der Waals surface area (Å²) in [5, 5.41) is 0. The van der Waals surface area contributed by atoms with Gasteiger partial charge < -0.3 is 4.74 Å². The molecule has 2 bridgehead atoms. The van der Waals surface area contributed by atoms with Crippen molar-refractivity contribution in [3.05, 3.63) is 66.2 Å². The minimum Gasteiger partial charge on any atom is -0.490 e. The molecule has 0 aliphatic heterocycles. The van der Waals surface area contributed by atoms with E-state index in [1.165, 1.54) is 88.2 Å². The molecule has 2 aromatic rings. The van der Waals surface area contributed by atoms with Crippen molar-refractivity contribution in [2.24, 2.45) is 5.41 Å². The zero-order chi connectivity index (χ0) is 22.3. The summed E-state index contributed by atoms with van der Waals surface area (Å²) in [6.45, 7) is 4.96. The van der Waals surface area contributed by atoms with Gasteiger partial charge in [-0.25, -0.2) is 0 Å². The SMILES string of the molecule is C/C=C/COc1ccc(-c2ccc(C34CCC(CCCCCCC)(CC3)CC4)cc2)cc1. The average Bonchev–Trinajstić information content (AvgIpc) is 2.86. The van der Waals surface area contributed by atoms with E-state index < -0.39 is 0 Å². The van der Waals surface area contributed by atoms with Gasteiger partial charge in [-0.2, -0.15) is 0 Å². The molecule has 0 unspecified atom stereocenters. The smallest absolute Gasteiger partial charge is 0.119 e. The van der Waals surface area contributed by atoms with Crippen molar-refractivity contribution in [1.82, 2.24) is 0 Å². The molecule has 2 aromatic carbocycles. The predicted octanol–water partition coefficient (Wildman–Crippen LogP) is 9.26. The molecule has 32 heavy (non-hydrogen) atoms. The first kappa shape index (κ1) is 23.1. The van der Waals surface area contributed by atoms with Crippen LogP contribution in [0.2, 0.25) is 0 Å². The Balaban J connectivity index is 1.34. The summed E-state index contributed by atoms with van der Waals surface area (Å²) < 4.78 is 5.73. The van der Waals surface area contributed by atoms with E-state index in [0.29, 0.717) is 17.4 Å². The molecule has 3 aliphatic rings. The lowest BCUT2D eigenvalue weighted by atomic mass is 9.51. The van der Waals surface area contributed by atoms with E-state index in [1.807, 2.05) is 19.1 Å². The Morgan fingerprint density at radius 1 is 0.750 bits per heavy atom. The lowest BCUT2D eigenvalue weighted by molar-refractivity contribution is 0.0304. The third-order valence-electron chi connectivity index (χ3n) is 8.48. The largest absolute Gasteiger partial charge is 0.490 e. The Morgan fingerprint density at radius 3 is 1.94 bits per heavy atom. The van der Waals surface area contributed by atoms with Crippen molar-refractivity contribution < 1.29 is 4.74 Å². The van der Waals surface area contributed by atoms with Crippen LogP contribution in [0.3, 0.4) is 0 Å². The van der Waals surface area contributed by atoms with Gasteiger partial charge in [-0.05, 0) is 91.5 Å². The molecule has 0 aromatic heterocycles. The monoisotopic (exact) mass is 430 g/mol. The number of allylic oxidation sites excluding steroid dienone is 1. The summed E-state index contributed by atoms with van der Waals surface area (Å²) in [7, 11) is 0. The van der Waals surface area contributed by atoms with Crippen molar-refractivity contribution in [2.75, 3.05) is 6.61 Å². The minimum absolute atomic E-state index is 0.451. The Kier molecular flexibility index (Phi) is 7.76. The molecule has 172 valence electrons. The summed E-state index contributed by atoms with van der Waals surface area (Å²) >= 11 is 0. The van der Waals surface area contributed by atoms with E-state index in [1.54, 1.807) is 5.56 Å². The molecular weight excluding hydrogens is 388 g/mol. The van der Waals surface area contributed by atoms with Gasteiger partial charge in [0, 0.05) is 0 Å². The Morgan fingerprint density at radius 2 is 1.34 bits per heavy atom. The van der Waals surface area contributed by atoms with Gasteiger partial charge in [0.2, 0.25) is 0 Å². The molecule has 0 radical (unpaired) electrons. The van der Waals surface area contributed by atoms with Gasteiger partial charge in [-0.1, -0.05) is 87.6 Å². The molecule has 0 saturated heterocycles. The molecule has 0 heterocycles. The van der Waals surface area contributed by atoms with E-state index in [4.69, 9.17) is 4.74 Å². The zero-order valence-electron chi connectivity index (χ0n) is 20.4. The third-order valence-corrected chi connectivity index (χ3v) is 8.48. The van der Waals surface area contributed by atoms with Crippen molar-refractivity contribution >= 4 is 0 Å². The van der Waals surface area contributed by atoms with E-state index in [9.17, 15) is 0 Å². The van der Waals surface area contributed by atoms with Crippen LogP contribution in [0.15, 0.2) is 60.7 Å². The second-order valence-electron chi connectivity index (χ2n) is 10.4. The highest BCUT2D eigenvalue weighted by molar-refractivity contribution is 5.64. The van der Waals surface area contributed by atoms with Gasteiger partial charge in [0.05, 0.1) is 0 Å². The lowest BCUT2D eigenvalue weighted by Crippen LogP contribution is -2.44. The molecule has 0 N–H and O–H groups in total. The van der Waals surface area contributed by atoms with E-state index in [0.717, 1.165) is 5.75 Å². The first-order chi connectivity index (χ1) is 15.7. The van der Waals surface area contributed by atoms with Crippen molar-refractivity contribution in [1.29, 1.82) is 0 Å². The van der Waals surface area contributed by atoms with E-state index in [2.05, 4.69) is 55.5 Å². The van der Waals surface area contributed by atoms with Gasteiger partial charge in [0.15, 0.2) is 0 Å². The van der Waals surface area contributed by atoms with Crippen LogP contribution in [-0.4, -0.2) is 6.61 Å². The number of hydrogen-bond acceptors (Lipinski definition) is 1. The molecule has 0 amide bonds. The quantitative estimate of drug-likeness (QED) is 0.255. The van der Waals surface area contributed by atoms with Crippen LogP contribution in [0.5, 0.6) is 5.75 Å². The second-order valence-corrected chi connectivity index (χ2v) is 10.4. The normalized spacial score (nSPS) is 24.8. The van der Waals surface area contributed by atoms with Crippen LogP contribution in [0, 0.1) is 5.41 Å². The van der Waals surface area contributed by atoms with Crippen LogP contribution in [0.1, 0.15) is 96.5 Å². The fraction of sp³-hybridized carbons (Fsp3) is 0.548. The molecule has 3 saturated carbocycles. The Labute approximate surface area is 196 Å². The number of unbranched alkanes of at least 4 members (excludes halogenated alkanes) is 4. The molecule has 5 rings (SSSR count). The van der Waals surface area contributed by atoms with Crippen molar-refractivity contribution in [3.8, 4) is 16.9 Å². The fourth-order valence-electron chi connectivity index (χ4n) is 6.18. The van der Waals surface area contributed by atoms with Gasteiger partial charge in [-0.3, -0.25) is 0 Å². The molecule has 1 nitrogen and oxygen atoms in total. The Bertz CT molecular complexity index is 834. The van der Waals surface area contributed by atoms with Crippen LogP contribution in [-0.2, 0) is 5.41 Å². The number of benzene rings is 2. The average molecular weight is 431 g/mol. The fourth-order valence-corrected chi connectivity index (χ4v) is 6.18. The number of fused-ring (bicyclic) bond motifs is 3. The summed E-state index contributed by atoms with van der Waals surface area (Å²) in [6.07, 6.45) is 21.2. The third kappa shape index (κ3) is 5.30. The van der Waals surface area contributed by atoms with Gasteiger partial charge in [0.25, 0.3) is 0 Å². The predicted molar refractivity (Wildman–Crippen MR) is 137 cm³/mol. The molecule has 3 fully saturated rings. The molecule has 1 heteroatoms. The highest BCUT2D eigenvalue weighted by atomic mass is 16.5. The van der Waals surface area contributed by atoms with Crippen molar-refractivity contribution in [2.45, 2.75) is 96.3 Å². The minimum atomic E-state index is 0.451. The number of rotatable bonds is 11. The highest BCUT2D eigenvalue weighted by Crippen LogP contribution is 2.59. The van der Waals surface area contributed by atoms with Crippen LogP contribution < -0.4 is 4.74 Å². The molecule has 3 aliphatic carbocycles. The van der Waals surface area contributed by atoms with Crippen LogP contribution in [0.25, 0.3) is 11.1 Å². The highest BCUT2D eigenvalue weighted by Gasteiger charge is 2.48. The Hall–Kier alpha value is -2.02. The number of hydrogen-bond donors (Lipinski definition) is 0. The van der Waals surface area contributed by atoms with E-state index >= 15 is 0 Å². The van der Waals surface area contributed by atoms with Crippen LogP contribution in [0.4, 0.5) is 0 Å². The summed E-state index contributed by atoms with van der Waals surface area (Å²) in [4.78, 5) is 0. The molecular formula is C31H42O. The van der Waals surface area contributed by atoms with Gasteiger partial charge >= 0.3 is 0 Å². The second kappa shape index (κ2) is 10.7. The standard InChI is InChI=1S/C31H42O/c1-3-5-7-8-9-18-30-19-22-31(23-20-30,24-21-30)28-14-10-26(11-15-28)27-12-16-29(17-13-27)32-25-6-4-2/h4,6,10-17H,3,5,7-9,18-25H2,1-2H3/b6-4+. The molecule has 0 spiro atoms. The van der Waals surface area contributed by atoms with Gasteiger partial charge in [-0.15, -0.1) is 0 Å². The van der Waals surface area contributed by atoms with Crippen molar-refractivity contribution in [3.63, 3.8) is 0 Å². The number of ether oxygens (including phenoxy) is 1.